The number of nitrogens with one attached hydrogen (secondary N) is 1. The van der Waals surface area contributed by atoms with Crippen molar-refractivity contribution in [1.82, 2.24) is 4.98 Å². The largest absolute Gasteiger partial charge is 0.330 e. The van der Waals surface area contributed by atoms with Crippen LogP contribution in [0.5, 0.6) is 0 Å². The third kappa shape index (κ3) is 4.84. The van der Waals surface area contributed by atoms with Crippen LogP contribution in [-0.2, 0) is 4.79 Å². The van der Waals surface area contributed by atoms with Crippen LogP contribution < -0.4 is 11.1 Å². The number of nitrogens with zero attached hydrogens (tertiary/aromatic N) is 1. The molecule has 0 aromatic carbocycles. The van der Waals surface area contributed by atoms with Crippen LogP contribution in [0.4, 0.5) is 5.82 Å². The lowest BCUT2D eigenvalue weighted by atomic mass is 9.84. The average Bonchev–Trinajstić information content (AvgIpc) is 2.27. The molecule has 1 atom stereocenters. The van der Waals surface area contributed by atoms with Crippen LogP contribution in [0.2, 0.25) is 0 Å². The predicted octanol–water partition coefficient (Wildman–Crippen LogP) is 2.34. The second-order valence-corrected chi connectivity index (χ2v) is 5.91. The van der Waals surface area contributed by atoms with E-state index in [9.17, 15) is 4.79 Å². The average molecular weight is 249 g/mol. The monoisotopic (exact) mass is 249 g/mol. The second-order valence-electron chi connectivity index (χ2n) is 5.91. The summed E-state index contributed by atoms with van der Waals surface area (Å²) in [6.45, 7) is 8.63. The Morgan fingerprint density at radius 1 is 1.44 bits per heavy atom. The zero-order valence-corrected chi connectivity index (χ0v) is 11.7. The first-order valence-corrected chi connectivity index (χ1v) is 6.25. The zero-order chi connectivity index (χ0) is 13.8. The van der Waals surface area contributed by atoms with Crippen LogP contribution in [0.3, 0.4) is 0 Å². The molecule has 0 spiro atoms. The highest BCUT2D eigenvalue weighted by atomic mass is 16.1. The van der Waals surface area contributed by atoms with Gasteiger partial charge in [-0.25, -0.2) is 4.98 Å². The van der Waals surface area contributed by atoms with Crippen LogP contribution in [0, 0.1) is 18.3 Å². The van der Waals surface area contributed by atoms with Crippen LogP contribution in [0.25, 0.3) is 0 Å². The van der Waals surface area contributed by atoms with Gasteiger partial charge in [0.25, 0.3) is 0 Å². The molecule has 0 aliphatic carbocycles. The summed E-state index contributed by atoms with van der Waals surface area (Å²) in [6.07, 6.45) is 2.50. The number of hydrogen-bond donors (Lipinski definition) is 2. The van der Waals surface area contributed by atoms with E-state index in [1.807, 2.05) is 13.0 Å². The number of carbonyl (C=O) groups excluding carboxylic acids is 1. The summed E-state index contributed by atoms with van der Waals surface area (Å²) in [5.74, 6) is 0.356. The van der Waals surface area contributed by atoms with E-state index in [-0.39, 0.29) is 17.2 Å². The first-order chi connectivity index (χ1) is 8.31. The number of anilines is 1. The Morgan fingerprint density at radius 3 is 2.56 bits per heavy atom. The predicted molar refractivity (Wildman–Crippen MR) is 74.2 cm³/mol. The van der Waals surface area contributed by atoms with Gasteiger partial charge in [0.15, 0.2) is 0 Å². The molecule has 0 bridgehead atoms. The summed E-state index contributed by atoms with van der Waals surface area (Å²) in [6, 6.07) is 3.72. The molecule has 0 radical (unpaired) electrons. The molecule has 1 amide bonds. The Hall–Kier alpha value is -1.42. The number of aromatic nitrogens is 1. The maximum atomic E-state index is 12.1. The Morgan fingerprint density at radius 2 is 2.11 bits per heavy atom. The standard InChI is InChI=1S/C14H23N3O/c1-10-5-6-12(16-9-10)17-13(18)11(8-15)7-14(2,3)4/h5-6,9,11H,7-8,15H2,1-4H3,(H,16,17,18). The third-order valence-corrected chi connectivity index (χ3v) is 2.68. The molecule has 3 N–H and O–H groups in total. The smallest absolute Gasteiger partial charge is 0.229 e. The van der Waals surface area contributed by atoms with Crippen molar-refractivity contribution < 1.29 is 4.79 Å². The van der Waals surface area contributed by atoms with Crippen molar-refractivity contribution in [1.29, 1.82) is 0 Å². The summed E-state index contributed by atoms with van der Waals surface area (Å²) < 4.78 is 0. The first-order valence-electron chi connectivity index (χ1n) is 6.25. The van der Waals surface area contributed by atoms with Gasteiger partial charge >= 0.3 is 0 Å². The molecule has 0 saturated carbocycles. The van der Waals surface area contributed by atoms with Gasteiger partial charge in [0.1, 0.15) is 5.82 Å². The van der Waals surface area contributed by atoms with Gasteiger partial charge in [0.05, 0.1) is 5.92 Å². The molecule has 1 heterocycles. The van der Waals surface area contributed by atoms with E-state index in [0.717, 1.165) is 12.0 Å². The SMILES string of the molecule is Cc1ccc(NC(=O)C(CN)CC(C)(C)C)nc1. The molecule has 1 rings (SSSR count). The minimum absolute atomic E-state index is 0.0521. The number of pyridine rings is 1. The van der Waals surface area contributed by atoms with Crippen molar-refractivity contribution in [2.24, 2.45) is 17.1 Å². The van der Waals surface area contributed by atoms with Crippen LogP contribution >= 0.6 is 0 Å². The van der Waals surface area contributed by atoms with E-state index < -0.39 is 0 Å². The molecule has 1 aromatic heterocycles. The second kappa shape index (κ2) is 5.96. The van der Waals surface area contributed by atoms with Gasteiger partial charge in [-0.1, -0.05) is 26.8 Å². The summed E-state index contributed by atoms with van der Waals surface area (Å²) in [5.41, 5.74) is 6.83. The summed E-state index contributed by atoms with van der Waals surface area (Å²) in [5, 5.41) is 2.81. The summed E-state index contributed by atoms with van der Waals surface area (Å²) >= 11 is 0. The molecule has 100 valence electrons. The quantitative estimate of drug-likeness (QED) is 0.860. The molecule has 0 aliphatic rings. The van der Waals surface area contributed by atoms with E-state index >= 15 is 0 Å². The van der Waals surface area contributed by atoms with Gasteiger partial charge in [-0.2, -0.15) is 0 Å². The normalized spacial score (nSPS) is 13.2. The van der Waals surface area contributed by atoms with Crippen LogP contribution in [0.15, 0.2) is 18.3 Å². The fourth-order valence-electron chi connectivity index (χ4n) is 1.79. The van der Waals surface area contributed by atoms with E-state index in [1.165, 1.54) is 0 Å². The third-order valence-electron chi connectivity index (χ3n) is 2.68. The Bertz CT molecular complexity index is 392. The fourth-order valence-corrected chi connectivity index (χ4v) is 1.79. The highest BCUT2D eigenvalue weighted by Crippen LogP contribution is 2.24. The van der Waals surface area contributed by atoms with Crippen molar-refractivity contribution in [3.63, 3.8) is 0 Å². The number of nitrogens with two attached hydrogens (primary N) is 1. The minimum atomic E-state index is -0.173. The lowest BCUT2D eigenvalue weighted by Crippen LogP contribution is -2.32. The number of amides is 1. The van der Waals surface area contributed by atoms with Gasteiger partial charge in [0.2, 0.25) is 5.91 Å². The lowest BCUT2D eigenvalue weighted by molar-refractivity contribution is -0.120. The Labute approximate surface area is 109 Å². The fraction of sp³-hybridized carbons (Fsp3) is 0.571. The summed E-state index contributed by atoms with van der Waals surface area (Å²) in [4.78, 5) is 16.2. The molecular formula is C14H23N3O. The molecule has 4 heteroatoms. The van der Waals surface area contributed by atoms with Gasteiger partial charge in [-0.3, -0.25) is 4.79 Å². The molecular weight excluding hydrogens is 226 g/mol. The highest BCUT2D eigenvalue weighted by Gasteiger charge is 2.23. The minimum Gasteiger partial charge on any atom is -0.330 e. The summed E-state index contributed by atoms with van der Waals surface area (Å²) in [7, 11) is 0. The van der Waals surface area contributed by atoms with Gasteiger partial charge in [0, 0.05) is 12.7 Å². The molecule has 0 fully saturated rings. The van der Waals surface area contributed by atoms with Crippen LogP contribution in [-0.4, -0.2) is 17.4 Å². The Kier molecular flexibility index (Phi) is 4.84. The molecule has 1 aromatic rings. The highest BCUT2D eigenvalue weighted by molar-refractivity contribution is 5.91. The molecule has 0 aliphatic heterocycles. The van der Waals surface area contributed by atoms with E-state index in [2.05, 4.69) is 31.1 Å². The van der Waals surface area contributed by atoms with E-state index in [1.54, 1.807) is 12.3 Å². The van der Waals surface area contributed by atoms with Crippen molar-refractivity contribution in [3.05, 3.63) is 23.9 Å². The van der Waals surface area contributed by atoms with Crippen molar-refractivity contribution in [3.8, 4) is 0 Å². The van der Waals surface area contributed by atoms with Gasteiger partial charge in [-0.05, 0) is 30.4 Å². The Balaban J connectivity index is 2.65. The molecule has 4 nitrogen and oxygen atoms in total. The van der Waals surface area contributed by atoms with Gasteiger partial charge < -0.3 is 11.1 Å². The van der Waals surface area contributed by atoms with Crippen molar-refractivity contribution in [2.45, 2.75) is 34.1 Å². The van der Waals surface area contributed by atoms with Crippen molar-refractivity contribution >= 4 is 11.7 Å². The van der Waals surface area contributed by atoms with Crippen LogP contribution in [0.1, 0.15) is 32.8 Å². The molecule has 1 unspecified atom stereocenters. The zero-order valence-electron chi connectivity index (χ0n) is 11.7. The maximum absolute atomic E-state index is 12.1. The van der Waals surface area contributed by atoms with E-state index in [0.29, 0.717) is 12.4 Å². The van der Waals surface area contributed by atoms with Gasteiger partial charge in [-0.15, -0.1) is 0 Å². The lowest BCUT2D eigenvalue weighted by Gasteiger charge is -2.24. The first kappa shape index (κ1) is 14.6. The number of rotatable bonds is 4. The van der Waals surface area contributed by atoms with E-state index in [4.69, 9.17) is 5.73 Å². The number of carbonyl (C=O) groups is 1. The van der Waals surface area contributed by atoms with Crippen molar-refractivity contribution in [2.75, 3.05) is 11.9 Å². The number of aryl methyl sites for hydroxylation is 1. The molecule has 18 heavy (non-hydrogen) atoms. The maximum Gasteiger partial charge on any atom is 0.229 e. The molecule has 0 saturated heterocycles. The topological polar surface area (TPSA) is 68.0 Å². The number of hydrogen-bond acceptors (Lipinski definition) is 3.